The fourth-order valence-electron chi connectivity index (χ4n) is 5.73. The highest BCUT2D eigenvalue weighted by molar-refractivity contribution is 5.97. The van der Waals surface area contributed by atoms with Crippen LogP contribution in [0.3, 0.4) is 0 Å². The molecule has 3 aromatic carbocycles. The molecule has 2 bridgehead atoms. The molecule has 0 radical (unpaired) electrons. The van der Waals surface area contributed by atoms with Crippen LogP contribution in [0.5, 0.6) is 0 Å². The van der Waals surface area contributed by atoms with Crippen molar-refractivity contribution in [2.75, 3.05) is 26.2 Å². The largest absolute Gasteiger partial charge is 1.00 e. The molecule has 1 atom stereocenters. The number of quaternary nitrogens is 1. The first-order valence-corrected chi connectivity index (χ1v) is 12.2. The van der Waals surface area contributed by atoms with Crippen LogP contribution in [0.25, 0.3) is 0 Å². The summed E-state index contributed by atoms with van der Waals surface area (Å²) in [6, 6.07) is 17.4. The monoisotopic (exact) mass is 573 g/mol. The van der Waals surface area contributed by atoms with Gasteiger partial charge in [0.1, 0.15) is 29.9 Å². The number of nitrogens with zero attached hydrogens (tertiary/aromatic N) is 1. The molecular formula is C29H27BrF3NO3. The van der Waals surface area contributed by atoms with E-state index in [4.69, 9.17) is 4.74 Å². The van der Waals surface area contributed by atoms with E-state index in [1.54, 1.807) is 24.3 Å². The normalized spacial score (nSPS) is 22.4. The third kappa shape index (κ3) is 5.80. The van der Waals surface area contributed by atoms with Gasteiger partial charge in [-0.15, -0.1) is 0 Å². The second kappa shape index (κ2) is 11.2. The van der Waals surface area contributed by atoms with Crippen LogP contribution in [0, 0.1) is 29.3 Å². The molecule has 0 N–H and O–H groups in total. The van der Waals surface area contributed by atoms with E-state index in [0.717, 1.165) is 25.9 Å². The fraction of sp³-hybridized carbons (Fsp3) is 0.310. The average Bonchev–Trinajstić information content (AvgIpc) is 2.87. The number of Topliss-reactive ketones (excluding diaryl/α,β-unsaturated/α-hetero) is 1. The Morgan fingerprint density at radius 1 is 0.865 bits per heavy atom. The van der Waals surface area contributed by atoms with Crippen molar-refractivity contribution in [1.29, 1.82) is 0 Å². The van der Waals surface area contributed by atoms with Crippen molar-refractivity contribution in [3.05, 3.63) is 107 Å². The predicted molar refractivity (Wildman–Crippen MR) is 127 cm³/mol. The molecule has 37 heavy (non-hydrogen) atoms. The Morgan fingerprint density at radius 2 is 1.46 bits per heavy atom. The van der Waals surface area contributed by atoms with Gasteiger partial charge in [0.05, 0.1) is 25.2 Å². The van der Waals surface area contributed by atoms with Gasteiger partial charge in [0.15, 0.2) is 6.10 Å². The Kier molecular flexibility index (Phi) is 8.19. The van der Waals surface area contributed by atoms with E-state index < -0.39 is 35.4 Å². The maximum Gasteiger partial charge on any atom is 0.315 e. The summed E-state index contributed by atoms with van der Waals surface area (Å²) in [6.07, 6.45) is 0.553. The first-order chi connectivity index (χ1) is 17.3. The second-order valence-electron chi connectivity index (χ2n) is 9.90. The molecule has 3 heterocycles. The number of ether oxygens (including phenoxy) is 1. The Labute approximate surface area is 224 Å². The van der Waals surface area contributed by atoms with E-state index in [2.05, 4.69) is 0 Å². The van der Waals surface area contributed by atoms with Gasteiger partial charge in [0.2, 0.25) is 5.78 Å². The number of halogens is 4. The third-order valence-corrected chi connectivity index (χ3v) is 7.59. The van der Waals surface area contributed by atoms with Gasteiger partial charge in [-0.3, -0.25) is 9.59 Å². The minimum Gasteiger partial charge on any atom is -1.00 e. The molecule has 3 aliphatic rings. The molecule has 3 aliphatic heterocycles. The molecule has 0 aliphatic carbocycles. The number of carbonyl (C=O) groups excluding carboxylic acids is 2. The number of carbonyl (C=O) groups is 2. The molecule has 0 aromatic heterocycles. The molecular weight excluding hydrogens is 547 g/mol. The molecule has 8 heteroatoms. The van der Waals surface area contributed by atoms with Crippen LogP contribution in [0.2, 0.25) is 0 Å². The lowest BCUT2D eigenvalue weighted by atomic mass is 9.76. The summed E-state index contributed by atoms with van der Waals surface area (Å²) < 4.78 is 48.6. The van der Waals surface area contributed by atoms with E-state index >= 15 is 0 Å². The number of hydrogen-bond acceptors (Lipinski definition) is 3. The van der Waals surface area contributed by atoms with E-state index in [0.29, 0.717) is 22.2 Å². The van der Waals surface area contributed by atoms with Crippen LogP contribution in [-0.2, 0) is 9.53 Å². The number of esters is 1. The maximum absolute atomic E-state index is 14.2. The van der Waals surface area contributed by atoms with Crippen molar-refractivity contribution in [2.24, 2.45) is 11.8 Å². The van der Waals surface area contributed by atoms with Crippen LogP contribution in [0.15, 0.2) is 72.8 Å². The van der Waals surface area contributed by atoms with Gasteiger partial charge in [-0.25, -0.2) is 13.2 Å². The van der Waals surface area contributed by atoms with Crippen LogP contribution >= 0.6 is 0 Å². The Bertz CT molecular complexity index is 1250. The third-order valence-electron chi connectivity index (χ3n) is 7.59. The lowest BCUT2D eigenvalue weighted by molar-refractivity contribution is -0.938. The lowest BCUT2D eigenvalue weighted by Crippen LogP contribution is -3.00. The Morgan fingerprint density at radius 3 is 2.03 bits per heavy atom. The van der Waals surface area contributed by atoms with E-state index in [1.807, 2.05) is 0 Å². The van der Waals surface area contributed by atoms with Crippen molar-refractivity contribution < 1.29 is 49.0 Å². The first-order valence-electron chi connectivity index (χ1n) is 12.2. The zero-order valence-corrected chi connectivity index (χ0v) is 21.7. The molecule has 0 saturated carbocycles. The summed E-state index contributed by atoms with van der Waals surface area (Å²) in [4.78, 5) is 26.5. The van der Waals surface area contributed by atoms with Crippen molar-refractivity contribution in [3.8, 4) is 0 Å². The van der Waals surface area contributed by atoms with Crippen LogP contribution < -0.4 is 17.0 Å². The van der Waals surface area contributed by atoms with Crippen molar-refractivity contribution in [1.82, 2.24) is 0 Å². The molecule has 3 fully saturated rings. The molecule has 4 nitrogen and oxygen atoms in total. The van der Waals surface area contributed by atoms with Gasteiger partial charge in [0, 0.05) is 12.8 Å². The minimum absolute atomic E-state index is 0. The maximum atomic E-state index is 14.2. The summed E-state index contributed by atoms with van der Waals surface area (Å²) in [5.74, 6) is -2.58. The number of ketones is 1. The zero-order chi connectivity index (χ0) is 25.3. The van der Waals surface area contributed by atoms with Crippen LogP contribution in [0.4, 0.5) is 13.2 Å². The van der Waals surface area contributed by atoms with Gasteiger partial charge in [-0.05, 0) is 53.4 Å². The molecule has 3 saturated heterocycles. The summed E-state index contributed by atoms with van der Waals surface area (Å²) in [7, 11) is 0. The van der Waals surface area contributed by atoms with Gasteiger partial charge in [-0.2, -0.15) is 0 Å². The predicted octanol–water partition coefficient (Wildman–Crippen LogP) is 2.48. The van der Waals surface area contributed by atoms with E-state index in [1.165, 1.54) is 48.5 Å². The molecule has 194 valence electrons. The first kappa shape index (κ1) is 27.1. The molecule has 1 unspecified atom stereocenters. The SMILES string of the molecule is O=C(C[N+]12CCC(CC1)C(C(=O)OC(c1cccc(F)c1)c1cccc(F)c1)C2)c1ccccc1F.[Br-]. The van der Waals surface area contributed by atoms with Crippen molar-refractivity contribution in [3.63, 3.8) is 0 Å². The summed E-state index contributed by atoms with van der Waals surface area (Å²) in [5.41, 5.74) is 0.886. The second-order valence-corrected chi connectivity index (χ2v) is 9.90. The minimum atomic E-state index is -0.965. The van der Waals surface area contributed by atoms with E-state index in [-0.39, 0.29) is 40.8 Å². The lowest BCUT2D eigenvalue weighted by Gasteiger charge is -2.51. The van der Waals surface area contributed by atoms with Gasteiger partial charge >= 0.3 is 5.97 Å². The van der Waals surface area contributed by atoms with Crippen LogP contribution in [0.1, 0.15) is 40.4 Å². The summed E-state index contributed by atoms with van der Waals surface area (Å²) in [6.45, 7) is 2.02. The summed E-state index contributed by atoms with van der Waals surface area (Å²) >= 11 is 0. The highest BCUT2D eigenvalue weighted by Gasteiger charge is 2.50. The number of fused-ring (bicyclic) bond motifs is 3. The molecule has 6 rings (SSSR count). The topological polar surface area (TPSA) is 43.4 Å². The number of benzene rings is 3. The van der Waals surface area contributed by atoms with Gasteiger partial charge in [0.25, 0.3) is 0 Å². The van der Waals surface area contributed by atoms with E-state index in [9.17, 15) is 22.8 Å². The fourth-order valence-corrected chi connectivity index (χ4v) is 5.73. The smallest absolute Gasteiger partial charge is 0.315 e. The number of rotatable bonds is 7. The highest BCUT2D eigenvalue weighted by atomic mass is 79.9. The summed E-state index contributed by atoms with van der Waals surface area (Å²) in [5, 5.41) is 0. The molecule has 0 spiro atoms. The van der Waals surface area contributed by atoms with Crippen molar-refractivity contribution in [2.45, 2.75) is 18.9 Å². The van der Waals surface area contributed by atoms with Gasteiger partial charge < -0.3 is 26.2 Å². The van der Waals surface area contributed by atoms with Gasteiger partial charge in [-0.1, -0.05) is 36.4 Å². The van der Waals surface area contributed by atoms with Crippen LogP contribution in [-0.4, -0.2) is 42.4 Å². The quantitative estimate of drug-likeness (QED) is 0.248. The number of hydrogen-bond donors (Lipinski definition) is 0. The average molecular weight is 574 g/mol. The zero-order valence-electron chi connectivity index (χ0n) is 20.1. The Balaban J connectivity index is 0.00000320. The Hall–Kier alpha value is -2.97. The number of piperidine rings is 3. The molecule has 3 aromatic rings. The standard InChI is InChI=1S/C29H27F3NO3.BrH/c30-22-7-3-5-20(15-22)28(21-6-4-8-23(31)16-21)36-29(35)25-17-33(13-11-19(25)12-14-33)18-27(34)24-9-1-2-10-26(24)32;/h1-10,15-16,19,25,28H,11-14,17-18H2;1H/q+1;/p-1. The highest BCUT2D eigenvalue weighted by Crippen LogP contribution is 2.40. The van der Waals surface area contributed by atoms with Crippen molar-refractivity contribution >= 4 is 11.8 Å². The molecule has 0 amide bonds.